The van der Waals surface area contributed by atoms with Gasteiger partial charge in [0.15, 0.2) is 6.61 Å². The molecule has 7 heteroatoms. The smallest absolute Gasteiger partial charge is 0.262 e. The molecule has 132 valence electrons. The molecule has 0 heterocycles. The molecule has 0 radical (unpaired) electrons. The molecule has 2 amide bonds. The lowest BCUT2D eigenvalue weighted by Crippen LogP contribution is -2.26. The van der Waals surface area contributed by atoms with Crippen molar-refractivity contribution in [1.82, 2.24) is 5.32 Å². The van der Waals surface area contributed by atoms with E-state index in [2.05, 4.69) is 42.5 Å². The van der Waals surface area contributed by atoms with Gasteiger partial charge in [-0.3, -0.25) is 9.59 Å². The fourth-order valence-electron chi connectivity index (χ4n) is 2.24. The molecule has 0 aliphatic carbocycles. The van der Waals surface area contributed by atoms with Crippen molar-refractivity contribution in [2.75, 3.05) is 18.5 Å². The second kappa shape index (κ2) is 9.01. The number of benzene rings is 2. The van der Waals surface area contributed by atoms with Crippen molar-refractivity contribution < 1.29 is 14.3 Å². The van der Waals surface area contributed by atoms with Gasteiger partial charge in [0, 0.05) is 11.0 Å². The molecule has 25 heavy (non-hydrogen) atoms. The molecule has 2 aromatic carbocycles. The summed E-state index contributed by atoms with van der Waals surface area (Å²) in [6.45, 7) is 4.09. The van der Waals surface area contributed by atoms with Crippen LogP contribution in [0.3, 0.4) is 0 Å². The highest BCUT2D eigenvalue weighted by molar-refractivity contribution is 9.11. The van der Waals surface area contributed by atoms with E-state index >= 15 is 0 Å². The maximum absolute atomic E-state index is 12.2. The van der Waals surface area contributed by atoms with Gasteiger partial charge in [-0.25, -0.2) is 0 Å². The minimum absolute atomic E-state index is 0.162. The Labute approximate surface area is 163 Å². The summed E-state index contributed by atoms with van der Waals surface area (Å²) in [7, 11) is 0. The number of hydrogen-bond acceptors (Lipinski definition) is 3. The second-order valence-electron chi connectivity index (χ2n) is 5.28. The van der Waals surface area contributed by atoms with Crippen LogP contribution in [0.5, 0.6) is 5.75 Å². The van der Waals surface area contributed by atoms with Gasteiger partial charge in [-0.05, 0) is 59.6 Å². The Morgan fingerprint density at radius 3 is 2.56 bits per heavy atom. The highest BCUT2D eigenvalue weighted by Crippen LogP contribution is 2.32. The molecule has 0 aliphatic heterocycles. The Morgan fingerprint density at radius 2 is 1.88 bits per heavy atom. The lowest BCUT2D eigenvalue weighted by Gasteiger charge is -2.13. The fraction of sp³-hybridized carbons (Fsp3) is 0.222. The summed E-state index contributed by atoms with van der Waals surface area (Å²) in [5, 5.41) is 5.44. The van der Waals surface area contributed by atoms with E-state index in [9.17, 15) is 9.59 Å². The van der Waals surface area contributed by atoms with Crippen LogP contribution < -0.4 is 15.4 Å². The van der Waals surface area contributed by atoms with Crippen molar-refractivity contribution in [2.24, 2.45) is 0 Å². The molecule has 0 fully saturated rings. The SMILES string of the molecule is CCNC(=O)c1ccccc1NC(=O)COc1c(C)cc(Br)cc1Br. The number of ether oxygens (including phenoxy) is 1. The number of rotatable bonds is 6. The van der Waals surface area contributed by atoms with Crippen LogP contribution in [0.15, 0.2) is 45.3 Å². The van der Waals surface area contributed by atoms with Crippen LogP contribution in [-0.2, 0) is 4.79 Å². The Kier molecular flexibility index (Phi) is 7.01. The van der Waals surface area contributed by atoms with Gasteiger partial charge in [-0.2, -0.15) is 0 Å². The number of aryl methyl sites for hydroxylation is 1. The zero-order valence-corrected chi connectivity index (χ0v) is 17.0. The van der Waals surface area contributed by atoms with Gasteiger partial charge in [0.2, 0.25) is 0 Å². The van der Waals surface area contributed by atoms with Gasteiger partial charge in [0.25, 0.3) is 11.8 Å². The maximum Gasteiger partial charge on any atom is 0.262 e. The number of nitrogens with one attached hydrogen (secondary N) is 2. The van der Waals surface area contributed by atoms with Crippen LogP contribution in [0.25, 0.3) is 0 Å². The topological polar surface area (TPSA) is 67.4 Å². The van der Waals surface area contributed by atoms with Crippen molar-refractivity contribution in [3.05, 3.63) is 56.5 Å². The summed E-state index contributed by atoms with van der Waals surface area (Å²) in [5.41, 5.74) is 1.77. The second-order valence-corrected chi connectivity index (χ2v) is 7.05. The van der Waals surface area contributed by atoms with Crippen molar-refractivity contribution in [1.29, 1.82) is 0 Å². The molecule has 0 aromatic heterocycles. The zero-order valence-electron chi connectivity index (χ0n) is 13.9. The molecule has 0 spiro atoms. The van der Waals surface area contributed by atoms with Crippen LogP contribution in [0.2, 0.25) is 0 Å². The van der Waals surface area contributed by atoms with E-state index < -0.39 is 0 Å². The molecule has 2 aromatic rings. The van der Waals surface area contributed by atoms with Gasteiger partial charge in [-0.15, -0.1) is 0 Å². The van der Waals surface area contributed by atoms with Crippen molar-refractivity contribution >= 4 is 49.4 Å². The van der Waals surface area contributed by atoms with E-state index in [1.165, 1.54) is 0 Å². The molecule has 0 unspecified atom stereocenters. The number of carbonyl (C=O) groups excluding carboxylic acids is 2. The summed E-state index contributed by atoms with van der Waals surface area (Å²) in [6, 6.07) is 10.6. The highest BCUT2D eigenvalue weighted by atomic mass is 79.9. The van der Waals surface area contributed by atoms with E-state index in [1.54, 1.807) is 24.3 Å². The van der Waals surface area contributed by atoms with Crippen LogP contribution in [0, 0.1) is 6.92 Å². The third-order valence-corrected chi connectivity index (χ3v) is 4.37. The van der Waals surface area contributed by atoms with Gasteiger partial charge in [-0.1, -0.05) is 28.1 Å². The number of anilines is 1. The maximum atomic E-state index is 12.2. The molecule has 0 atom stereocenters. The summed E-state index contributed by atoms with van der Waals surface area (Å²) < 4.78 is 7.30. The molecular weight excluding hydrogens is 452 g/mol. The quantitative estimate of drug-likeness (QED) is 0.663. The summed E-state index contributed by atoms with van der Waals surface area (Å²) >= 11 is 6.83. The number of carbonyl (C=O) groups is 2. The molecule has 0 saturated heterocycles. The van der Waals surface area contributed by atoms with Crippen molar-refractivity contribution in [2.45, 2.75) is 13.8 Å². The lowest BCUT2D eigenvalue weighted by atomic mass is 10.1. The first-order chi connectivity index (χ1) is 11.9. The number of hydrogen-bond donors (Lipinski definition) is 2. The predicted molar refractivity (Wildman–Crippen MR) is 105 cm³/mol. The van der Waals surface area contributed by atoms with Gasteiger partial charge >= 0.3 is 0 Å². The third-order valence-electron chi connectivity index (χ3n) is 3.32. The molecule has 0 aliphatic rings. The van der Waals surface area contributed by atoms with Crippen molar-refractivity contribution in [3.63, 3.8) is 0 Å². The minimum atomic E-state index is -0.342. The normalized spacial score (nSPS) is 10.2. The average molecular weight is 470 g/mol. The Bertz CT molecular complexity index is 771. The standard InChI is InChI=1S/C18H18Br2N2O3/c1-3-21-18(24)13-6-4-5-7-15(13)22-16(23)10-25-17-11(2)8-12(19)9-14(17)20/h4-9H,3,10H2,1-2H3,(H,21,24)(H,22,23). The molecule has 0 bridgehead atoms. The Morgan fingerprint density at radius 1 is 1.16 bits per heavy atom. The first kappa shape index (κ1) is 19.5. The summed E-state index contributed by atoms with van der Waals surface area (Å²) in [4.78, 5) is 24.3. The molecule has 0 saturated carbocycles. The number of amides is 2. The highest BCUT2D eigenvalue weighted by Gasteiger charge is 2.14. The summed E-state index contributed by atoms with van der Waals surface area (Å²) in [6.07, 6.45) is 0. The fourth-order valence-corrected chi connectivity index (χ4v) is 3.79. The monoisotopic (exact) mass is 468 g/mol. The number of halogens is 2. The first-order valence-electron chi connectivity index (χ1n) is 7.68. The minimum Gasteiger partial charge on any atom is -0.482 e. The zero-order chi connectivity index (χ0) is 18.4. The van der Waals surface area contributed by atoms with E-state index in [0.717, 1.165) is 14.5 Å². The summed E-state index contributed by atoms with van der Waals surface area (Å²) in [5.74, 6) is 0.0344. The lowest BCUT2D eigenvalue weighted by molar-refractivity contribution is -0.118. The van der Waals surface area contributed by atoms with Gasteiger partial charge in [0.05, 0.1) is 15.7 Å². The predicted octanol–water partition coefficient (Wildman–Crippen LogP) is 4.29. The average Bonchev–Trinajstić information content (AvgIpc) is 2.54. The van der Waals surface area contributed by atoms with Crippen LogP contribution in [0.4, 0.5) is 5.69 Å². The number of para-hydroxylation sites is 1. The van der Waals surface area contributed by atoms with Crippen LogP contribution >= 0.6 is 31.9 Å². The van der Waals surface area contributed by atoms with Gasteiger partial charge in [0.1, 0.15) is 5.75 Å². The first-order valence-corrected chi connectivity index (χ1v) is 9.26. The molecule has 2 rings (SSSR count). The molecule has 5 nitrogen and oxygen atoms in total. The van der Waals surface area contributed by atoms with E-state index in [-0.39, 0.29) is 18.4 Å². The Balaban J connectivity index is 2.06. The molecule has 2 N–H and O–H groups in total. The Hall–Kier alpha value is -1.86. The van der Waals surface area contributed by atoms with Gasteiger partial charge < -0.3 is 15.4 Å². The van der Waals surface area contributed by atoms with E-state index in [1.807, 2.05) is 26.0 Å². The van der Waals surface area contributed by atoms with Crippen LogP contribution in [0.1, 0.15) is 22.8 Å². The molecular formula is C18H18Br2N2O3. The van der Waals surface area contributed by atoms with Crippen molar-refractivity contribution in [3.8, 4) is 5.75 Å². The largest absolute Gasteiger partial charge is 0.482 e. The third kappa shape index (κ3) is 5.31. The van der Waals surface area contributed by atoms with Crippen LogP contribution in [-0.4, -0.2) is 25.0 Å². The van der Waals surface area contributed by atoms with E-state index in [4.69, 9.17) is 4.74 Å². The van der Waals surface area contributed by atoms with E-state index in [0.29, 0.717) is 23.5 Å².